The SMILES string of the molecule is C=C1CC[C@@H](CN2Cc3ncc(-c4cccc(-c5cccc(-c6cnc(CNCCNc7ccc(N)cc7)c(OC)n6)c5C)c4Cl)nc3O2)N1. The van der Waals surface area contributed by atoms with Crippen molar-refractivity contribution in [3.8, 4) is 45.4 Å². The molecule has 7 rings (SSSR count). The van der Waals surface area contributed by atoms with Crippen molar-refractivity contribution in [2.24, 2.45) is 0 Å². The van der Waals surface area contributed by atoms with Gasteiger partial charge in [-0.25, -0.2) is 9.97 Å². The molecule has 0 bridgehead atoms. The second kappa shape index (κ2) is 14.7. The van der Waals surface area contributed by atoms with Crippen molar-refractivity contribution in [3.05, 3.63) is 107 Å². The molecule has 2 aliphatic heterocycles. The number of nitrogen functional groups attached to an aromatic ring is 1. The van der Waals surface area contributed by atoms with E-state index in [0.717, 1.165) is 88.8 Å². The monoisotopic (exact) mass is 689 g/mol. The van der Waals surface area contributed by atoms with Crippen LogP contribution in [-0.2, 0) is 13.1 Å². The Bertz CT molecular complexity index is 2020. The largest absolute Gasteiger partial charge is 0.480 e. The highest BCUT2D eigenvalue weighted by Gasteiger charge is 2.29. The standard InChI is InChI=1S/C38H40ClN9O2/c1-23-10-13-27(45-23)21-48-22-35-38(50-48)47-33(20-44-35)31-9-5-8-30(36(31)39)28-6-4-7-29(24(28)2)32-19-43-34(37(46-32)49-3)18-41-16-17-42-26-14-11-25(40)12-15-26/h4-9,11-12,14-15,19-20,27,41-42,45H,1,10,13,16-18,21-22,40H2,2-3H3/t27-/m0/s1. The molecule has 0 unspecified atom stereocenters. The lowest BCUT2D eigenvalue weighted by molar-refractivity contribution is -0.0514. The summed E-state index contributed by atoms with van der Waals surface area (Å²) < 4.78 is 5.66. The zero-order valence-corrected chi connectivity index (χ0v) is 28.9. The highest BCUT2D eigenvalue weighted by Crippen LogP contribution is 2.40. The lowest BCUT2D eigenvalue weighted by Gasteiger charge is -2.18. The molecule has 12 heteroatoms. The molecule has 2 aromatic heterocycles. The number of fused-ring (bicyclic) bond motifs is 1. The van der Waals surface area contributed by atoms with E-state index in [1.807, 2.05) is 59.7 Å². The molecule has 0 amide bonds. The van der Waals surface area contributed by atoms with Crippen LogP contribution in [0.4, 0.5) is 11.4 Å². The number of aromatic nitrogens is 4. The molecular formula is C38H40ClN9O2. The van der Waals surface area contributed by atoms with Gasteiger partial charge in [-0.3, -0.25) is 9.97 Å². The molecule has 2 aliphatic rings. The number of methoxy groups -OCH3 is 1. The maximum Gasteiger partial charge on any atom is 0.261 e. The molecule has 3 aromatic carbocycles. The summed E-state index contributed by atoms with van der Waals surface area (Å²) in [5, 5.41) is 12.7. The van der Waals surface area contributed by atoms with Crippen LogP contribution in [0.25, 0.3) is 33.6 Å². The molecule has 5 N–H and O–H groups in total. The average molecular weight is 690 g/mol. The maximum absolute atomic E-state index is 7.14. The number of allylic oxidation sites excluding steroid dienone is 1. The minimum atomic E-state index is 0.308. The minimum Gasteiger partial charge on any atom is -0.480 e. The first-order chi connectivity index (χ1) is 24.4. The zero-order chi connectivity index (χ0) is 34.6. The first kappa shape index (κ1) is 33.3. The van der Waals surface area contributed by atoms with Crippen LogP contribution >= 0.6 is 11.6 Å². The number of nitrogens with two attached hydrogens (primary N) is 1. The number of rotatable bonds is 12. The van der Waals surface area contributed by atoms with Gasteiger partial charge in [0.15, 0.2) is 0 Å². The number of ether oxygens (including phenoxy) is 1. The van der Waals surface area contributed by atoms with Crippen LogP contribution in [0.1, 0.15) is 29.8 Å². The van der Waals surface area contributed by atoms with Crippen LogP contribution in [0.2, 0.25) is 5.02 Å². The summed E-state index contributed by atoms with van der Waals surface area (Å²) in [7, 11) is 1.61. The second-order valence-electron chi connectivity index (χ2n) is 12.5. The Labute approximate surface area is 296 Å². The van der Waals surface area contributed by atoms with E-state index >= 15 is 0 Å². The predicted octanol–water partition coefficient (Wildman–Crippen LogP) is 6.40. The van der Waals surface area contributed by atoms with E-state index in [1.54, 1.807) is 19.5 Å². The normalized spacial score (nSPS) is 15.4. The smallest absolute Gasteiger partial charge is 0.261 e. The van der Waals surface area contributed by atoms with Crippen molar-refractivity contribution in [2.75, 3.05) is 37.8 Å². The minimum absolute atomic E-state index is 0.308. The molecule has 11 nitrogen and oxygen atoms in total. The first-order valence-corrected chi connectivity index (χ1v) is 17.1. The van der Waals surface area contributed by atoms with Crippen molar-refractivity contribution in [1.82, 2.24) is 35.6 Å². The highest BCUT2D eigenvalue weighted by molar-refractivity contribution is 6.36. The molecule has 4 heterocycles. The van der Waals surface area contributed by atoms with Crippen molar-refractivity contribution in [3.63, 3.8) is 0 Å². The molecule has 0 saturated carbocycles. The van der Waals surface area contributed by atoms with E-state index < -0.39 is 0 Å². The number of anilines is 2. The molecular weight excluding hydrogens is 650 g/mol. The number of halogens is 1. The summed E-state index contributed by atoms with van der Waals surface area (Å²) in [6.45, 7) is 9.41. The van der Waals surface area contributed by atoms with Gasteiger partial charge >= 0.3 is 0 Å². The van der Waals surface area contributed by atoms with E-state index in [1.165, 1.54) is 0 Å². The van der Waals surface area contributed by atoms with Gasteiger partial charge in [0, 0.05) is 59.4 Å². The lowest BCUT2D eigenvalue weighted by Crippen LogP contribution is -2.36. The van der Waals surface area contributed by atoms with Crippen molar-refractivity contribution in [2.45, 2.75) is 38.9 Å². The van der Waals surface area contributed by atoms with Crippen LogP contribution < -0.4 is 31.3 Å². The molecule has 1 fully saturated rings. The maximum atomic E-state index is 7.14. The van der Waals surface area contributed by atoms with Gasteiger partial charge in [0.1, 0.15) is 11.4 Å². The Balaban J connectivity index is 1.05. The van der Waals surface area contributed by atoms with Crippen LogP contribution in [0.5, 0.6) is 11.8 Å². The van der Waals surface area contributed by atoms with E-state index in [4.69, 9.17) is 46.8 Å². The van der Waals surface area contributed by atoms with Gasteiger partial charge in [-0.05, 0) is 55.2 Å². The Morgan fingerprint density at radius 1 is 0.980 bits per heavy atom. The topological polar surface area (TPSA) is 135 Å². The van der Waals surface area contributed by atoms with E-state index in [-0.39, 0.29) is 0 Å². The fraction of sp³-hybridized carbons (Fsp3) is 0.263. The van der Waals surface area contributed by atoms with Crippen LogP contribution in [0.3, 0.4) is 0 Å². The summed E-state index contributed by atoms with van der Waals surface area (Å²) in [5.74, 6) is 0.993. The third-order valence-electron chi connectivity index (χ3n) is 8.99. The number of nitrogens with one attached hydrogen (secondary N) is 3. The summed E-state index contributed by atoms with van der Waals surface area (Å²) >= 11 is 7.14. The zero-order valence-electron chi connectivity index (χ0n) is 28.2. The van der Waals surface area contributed by atoms with Gasteiger partial charge < -0.3 is 31.3 Å². The fourth-order valence-electron chi connectivity index (χ4n) is 6.35. The third kappa shape index (κ3) is 7.20. The van der Waals surface area contributed by atoms with Gasteiger partial charge in [-0.1, -0.05) is 54.6 Å². The molecule has 0 spiro atoms. The third-order valence-corrected chi connectivity index (χ3v) is 9.40. The van der Waals surface area contributed by atoms with Gasteiger partial charge in [0.2, 0.25) is 5.88 Å². The van der Waals surface area contributed by atoms with Crippen molar-refractivity contribution >= 4 is 23.0 Å². The number of benzene rings is 3. The fourth-order valence-corrected chi connectivity index (χ4v) is 6.68. The second-order valence-corrected chi connectivity index (χ2v) is 12.9. The summed E-state index contributed by atoms with van der Waals surface area (Å²) in [6.07, 6.45) is 5.59. The van der Waals surface area contributed by atoms with Crippen LogP contribution in [0.15, 0.2) is 85.3 Å². The first-order valence-electron chi connectivity index (χ1n) is 16.7. The molecule has 1 atom stereocenters. The summed E-state index contributed by atoms with van der Waals surface area (Å²) in [5.41, 5.74) is 16.1. The van der Waals surface area contributed by atoms with E-state index in [2.05, 4.69) is 35.5 Å². The Morgan fingerprint density at radius 2 is 1.72 bits per heavy atom. The van der Waals surface area contributed by atoms with E-state index in [9.17, 15) is 0 Å². The van der Waals surface area contributed by atoms with Gasteiger partial charge in [-0.15, -0.1) is 5.06 Å². The summed E-state index contributed by atoms with van der Waals surface area (Å²) in [6, 6.07) is 20.0. The van der Waals surface area contributed by atoms with Gasteiger partial charge in [0.25, 0.3) is 5.88 Å². The Hall–Kier alpha value is -5.23. The molecule has 5 aromatic rings. The van der Waals surface area contributed by atoms with Crippen molar-refractivity contribution in [1.29, 1.82) is 0 Å². The molecule has 256 valence electrons. The number of hydroxylamine groups is 2. The molecule has 50 heavy (non-hydrogen) atoms. The predicted molar refractivity (Wildman–Crippen MR) is 198 cm³/mol. The Morgan fingerprint density at radius 3 is 2.50 bits per heavy atom. The van der Waals surface area contributed by atoms with Crippen LogP contribution in [-0.4, -0.2) is 57.8 Å². The van der Waals surface area contributed by atoms with Gasteiger partial charge in [-0.2, -0.15) is 0 Å². The number of hydrogen-bond donors (Lipinski definition) is 4. The van der Waals surface area contributed by atoms with Crippen LogP contribution in [0, 0.1) is 6.92 Å². The number of nitrogens with zero attached hydrogens (tertiary/aromatic N) is 5. The number of hydrogen-bond acceptors (Lipinski definition) is 11. The molecule has 1 saturated heterocycles. The Kier molecular flexibility index (Phi) is 9.79. The molecule has 0 radical (unpaired) electrons. The summed E-state index contributed by atoms with van der Waals surface area (Å²) in [4.78, 5) is 25.2. The highest BCUT2D eigenvalue weighted by atomic mass is 35.5. The average Bonchev–Trinajstić information content (AvgIpc) is 3.73. The molecule has 0 aliphatic carbocycles. The quantitative estimate of drug-likeness (QED) is 0.0856. The van der Waals surface area contributed by atoms with Gasteiger partial charge in [0.05, 0.1) is 49.0 Å². The lowest BCUT2D eigenvalue weighted by atomic mass is 9.93. The van der Waals surface area contributed by atoms with Crippen molar-refractivity contribution < 1.29 is 9.57 Å². The van der Waals surface area contributed by atoms with E-state index in [0.29, 0.717) is 47.3 Å².